The number of benzene rings is 1. The number of morpholine rings is 1. The maximum absolute atomic E-state index is 5.54. The molecule has 0 bridgehead atoms. The summed E-state index contributed by atoms with van der Waals surface area (Å²) in [5.41, 5.74) is 9.73. The normalized spacial score (nSPS) is 15.8. The molecule has 1 fully saturated rings. The van der Waals surface area contributed by atoms with Gasteiger partial charge in [-0.3, -0.25) is 4.98 Å². The van der Waals surface area contributed by atoms with E-state index < -0.39 is 0 Å². The summed E-state index contributed by atoms with van der Waals surface area (Å²) < 4.78 is 5.54. The first-order valence-electron chi connectivity index (χ1n) is 10.5. The van der Waals surface area contributed by atoms with Crippen molar-refractivity contribution in [3.05, 3.63) is 76.7 Å². The SMILES string of the molecule is Cc1cccc(/C=N/Nc2nc3c(c(N4CCOCC4)n2)CC(c2ccncc2)=C3)c1. The van der Waals surface area contributed by atoms with Crippen LogP contribution < -0.4 is 10.3 Å². The maximum Gasteiger partial charge on any atom is 0.246 e. The molecule has 7 heteroatoms. The predicted octanol–water partition coefficient (Wildman–Crippen LogP) is 3.56. The number of aryl methyl sites for hydroxylation is 1. The summed E-state index contributed by atoms with van der Waals surface area (Å²) in [7, 11) is 0. The van der Waals surface area contributed by atoms with Gasteiger partial charge in [0, 0.05) is 37.5 Å². The summed E-state index contributed by atoms with van der Waals surface area (Å²) >= 11 is 0. The third-order valence-electron chi connectivity index (χ3n) is 5.48. The van der Waals surface area contributed by atoms with Crippen LogP contribution in [0.1, 0.15) is 27.9 Å². The third kappa shape index (κ3) is 4.32. The first kappa shape index (κ1) is 19.4. The monoisotopic (exact) mass is 412 g/mol. The quantitative estimate of drug-likeness (QED) is 0.510. The van der Waals surface area contributed by atoms with Gasteiger partial charge in [-0.25, -0.2) is 10.4 Å². The van der Waals surface area contributed by atoms with Gasteiger partial charge >= 0.3 is 0 Å². The molecule has 1 saturated heterocycles. The predicted molar refractivity (Wildman–Crippen MR) is 123 cm³/mol. The van der Waals surface area contributed by atoms with E-state index >= 15 is 0 Å². The number of nitrogens with one attached hydrogen (secondary N) is 1. The number of ether oxygens (including phenoxy) is 1. The number of hydrogen-bond donors (Lipinski definition) is 1. The molecule has 2 aliphatic rings. The first-order valence-corrected chi connectivity index (χ1v) is 10.5. The molecule has 0 unspecified atom stereocenters. The standard InChI is InChI=1S/C24H24N6O/c1-17-3-2-4-18(13-17)16-26-29-24-27-22-15-20(19-5-7-25-8-6-19)14-21(22)23(28-24)30-9-11-31-12-10-30/h2-8,13,15-16H,9-12,14H2,1H3,(H,27,28,29)/b26-16+. The van der Waals surface area contributed by atoms with E-state index in [2.05, 4.69) is 45.5 Å². The van der Waals surface area contributed by atoms with Crippen molar-refractivity contribution in [3.8, 4) is 0 Å². The molecule has 0 amide bonds. The molecule has 0 atom stereocenters. The molecule has 7 nitrogen and oxygen atoms in total. The number of fused-ring (bicyclic) bond motifs is 1. The average molecular weight is 412 g/mol. The van der Waals surface area contributed by atoms with Gasteiger partial charge in [-0.05, 0) is 41.8 Å². The molecule has 1 aliphatic carbocycles. The molecular weight excluding hydrogens is 388 g/mol. The molecule has 5 rings (SSSR count). The van der Waals surface area contributed by atoms with Gasteiger partial charge in [-0.1, -0.05) is 29.8 Å². The summed E-state index contributed by atoms with van der Waals surface area (Å²) in [6.45, 7) is 5.12. The van der Waals surface area contributed by atoms with Crippen LogP contribution in [0.15, 0.2) is 53.9 Å². The number of anilines is 2. The van der Waals surface area contributed by atoms with E-state index in [9.17, 15) is 0 Å². The zero-order valence-electron chi connectivity index (χ0n) is 17.5. The highest BCUT2D eigenvalue weighted by Gasteiger charge is 2.25. The summed E-state index contributed by atoms with van der Waals surface area (Å²) in [4.78, 5) is 16.0. The van der Waals surface area contributed by atoms with Gasteiger partial charge < -0.3 is 9.64 Å². The van der Waals surface area contributed by atoms with Crippen LogP contribution in [0.5, 0.6) is 0 Å². The van der Waals surface area contributed by atoms with Crippen molar-refractivity contribution in [1.29, 1.82) is 0 Å². The zero-order chi connectivity index (χ0) is 21.0. The highest BCUT2D eigenvalue weighted by molar-refractivity contribution is 5.89. The molecule has 0 saturated carbocycles. The van der Waals surface area contributed by atoms with Crippen molar-refractivity contribution in [2.45, 2.75) is 13.3 Å². The summed E-state index contributed by atoms with van der Waals surface area (Å²) in [6, 6.07) is 12.2. The molecule has 1 aliphatic heterocycles. The van der Waals surface area contributed by atoms with Crippen LogP contribution in [0, 0.1) is 6.92 Å². The Hall–Kier alpha value is -3.58. The number of hydrazone groups is 1. The van der Waals surface area contributed by atoms with Crippen LogP contribution in [-0.2, 0) is 11.2 Å². The second kappa shape index (κ2) is 8.65. The van der Waals surface area contributed by atoms with E-state index in [-0.39, 0.29) is 0 Å². The fourth-order valence-electron chi connectivity index (χ4n) is 3.94. The smallest absolute Gasteiger partial charge is 0.246 e. The lowest BCUT2D eigenvalue weighted by molar-refractivity contribution is 0.122. The maximum atomic E-state index is 5.54. The van der Waals surface area contributed by atoms with E-state index in [1.807, 2.05) is 36.7 Å². The number of pyridine rings is 1. The van der Waals surface area contributed by atoms with Crippen molar-refractivity contribution in [2.75, 3.05) is 36.6 Å². The van der Waals surface area contributed by atoms with Crippen LogP contribution in [0.3, 0.4) is 0 Å². The molecule has 0 radical (unpaired) electrons. The lowest BCUT2D eigenvalue weighted by Crippen LogP contribution is -2.37. The lowest BCUT2D eigenvalue weighted by Gasteiger charge is -2.29. The first-order chi connectivity index (χ1) is 15.3. The number of hydrogen-bond acceptors (Lipinski definition) is 7. The van der Waals surface area contributed by atoms with Crippen molar-refractivity contribution >= 4 is 29.6 Å². The molecule has 0 spiro atoms. The van der Waals surface area contributed by atoms with Crippen LogP contribution in [-0.4, -0.2) is 47.5 Å². The van der Waals surface area contributed by atoms with Crippen molar-refractivity contribution in [2.24, 2.45) is 5.10 Å². The van der Waals surface area contributed by atoms with Crippen molar-refractivity contribution in [1.82, 2.24) is 15.0 Å². The van der Waals surface area contributed by atoms with Crippen LogP contribution in [0.4, 0.5) is 11.8 Å². The van der Waals surface area contributed by atoms with Gasteiger partial charge in [0.25, 0.3) is 0 Å². The van der Waals surface area contributed by atoms with Gasteiger partial charge in [-0.2, -0.15) is 10.1 Å². The molecule has 3 heterocycles. The molecule has 31 heavy (non-hydrogen) atoms. The number of rotatable bonds is 5. The lowest BCUT2D eigenvalue weighted by atomic mass is 10.1. The fourth-order valence-corrected chi connectivity index (χ4v) is 3.94. The summed E-state index contributed by atoms with van der Waals surface area (Å²) in [5, 5.41) is 4.37. The largest absolute Gasteiger partial charge is 0.378 e. The van der Waals surface area contributed by atoms with Gasteiger partial charge in [-0.15, -0.1) is 0 Å². The molecule has 1 aromatic carbocycles. The minimum Gasteiger partial charge on any atom is -0.378 e. The van der Waals surface area contributed by atoms with Gasteiger partial charge in [0.2, 0.25) is 5.95 Å². The zero-order valence-corrected chi connectivity index (χ0v) is 17.5. The van der Waals surface area contributed by atoms with Crippen molar-refractivity contribution < 1.29 is 4.74 Å². The minimum atomic E-state index is 0.497. The van der Waals surface area contributed by atoms with Crippen LogP contribution in [0.2, 0.25) is 0 Å². The van der Waals surface area contributed by atoms with Gasteiger partial charge in [0.15, 0.2) is 0 Å². The molecule has 1 N–H and O–H groups in total. The summed E-state index contributed by atoms with van der Waals surface area (Å²) in [5.74, 6) is 1.46. The van der Waals surface area contributed by atoms with Crippen molar-refractivity contribution in [3.63, 3.8) is 0 Å². The molecular formula is C24H24N6O. The van der Waals surface area contributed by atoms with Gasteiger partial charge in [0.05, 0.1) is 25.1 Å². The molecule has 3 aromatic rings. The average Bonchev–Trinajstić information content (AvgIpc) is 3.24. The Balaban J connectivity index is 1.45. The number of aromatic nitrogens is 3. The Morgan fingerprint density at radius 2 is 1.94 bits per heavy atom. The van der Waals surface area contributed by atoms with E-state index in [1.165, 1.54) is 11.1 Å². The Morgan fingerprint density at radius 1 is 1.10 bits per heavy atom. The summed E-state index contributed by atoms with van der Waals surface area (Å²) in [6.07, 6.45) is 8.38. The number of allylic oxidation sites excluding steroid dienone is 1. The topological polar surface area (TPSA) is 75.5 Å². The number of nitrogens with zero attached hydrogens (tertiary/aromatic N) is 5. The van der Waals surface area contributed by atoms with E-state index in [0.29, 0.717) is 19.2 Å². The Kier molecular flexibility index (Phi) is 5.41. The van der Waals surface area contributed by atoms with Crippen LogP contribution >= 0.6 is 0 Å². The highest BCUT2D eigenvalue weighted by Crippen LogP contribution is 2.36. The van der Waals surface area contributed by atoms with Gasteiger partial charge in [0.1, 0.15) is 5.82 Å². The Morgan fingerprint density at radius 3 is 2.74 bits per heavy atom. The van der Waals surface area contributed by atoms with E-state index in [4.69, 9.17) is 14.7 Å². The fraction of sp³-hybridized carbons (Fsp3) is 0.250. The van der Waals surface area contributed by atoms with E-state index in [0.717, 1.165) is 47.7 Å². The third-order valence-corrected chi connectivity index (χ3v) is 5.48. The highest BCUT2D eigenvalue weighted by atomic mass is 16.5. The molecule has 2 aromatic heterocycles. The van der Waals surface area contributed by atoms with Crippen LogP contribution in [0.25, 0.3) is 11.6 Å². The second-order valence-electron chi connectivity index (χ2n) is 7.70. The Bertz CT molecular complexity index is 1140. The Labute approximate surface area is 181 Å². The molecule has 156 valence electrons. The van der Waals surface area contributed by atoms with E-state index in [1.54, 1.807) is 6.21 Å². The second-order valence-corrected chi connectivity index (χ2v) is 7.70. The minimum absolute atomic E-state index is 0.497.